The highest BCUT2D eigenvalue weighted by Gasteiger charge is 2.21. The molecule has 0 aliphatic carbocycles. The Balaban J connectivity index is 2.05. The summed E-state index contributed by atoms with van der Waals surface area (Å²) in [5.74, 6) is -0.398. The molecule has 5 nitrogen and oxygen atoms in total. The molecule has 0 heterocycles. The summed E-state index contributed by atoms with van der Waals surface area (Å²) in [7, 11) is 0. The lowest BCUT2D eigenvalue weighted by Crippen LogP contribution is -2.45. The first-order chi connectivity index (χ1) is 12.0. The summed E-state index contributed by atoms with van der Waals surface area (Å²) in [6.45, 7) is 1.86. The predicted molar refractivity (Wildman–Crippen MR) is 100 cm³/mol. The van der Waals surface area contributed by atoms with Gasteiger partial charge in [-0.25, -0.2) is 0 Å². The van der Waals surface area contributed by atoms with Crippen LogP contribution in [0.4, 0.5) is 5.69 Å². The summed E-state index contributed by atoms with van der Waals surface area (Å²) in [4.78, 5) is 24.8. The molecule has 2 unspecified atom stereocenters. The molecule has 4 N–H and O–H groups in total. The van der Waals surface area contributed by atoms with Gasteiger partial charge in [0.1, 0.15) is 6.04 Å². The smallest absolute Gasteiger partial charge is 0.247 e. The highest BCUT2D eigenvalue weighted by Crippen LogP contribution is 2.09. The van der Waals surface area contributed by atoms with E-state index in [9.17, 15) is 9.59 Å². The van der Waals surface area contributed by atoms with E-state index in [1.54, 1.807) is 0 Å². The predicted octanol–water partition coefficient (Wildman–Crippen LogP) is 2.48. The van der Waals surface area contributed by atoms with Crippen LogP contribution in [0.5, 0.6) is 0 Å². The van der Waals surface area contributed by atoms with Gasteiger partial charge in [-0.05, 0) is 31.0 Å². The van der Waals surface area contributed by atoms with Gasteiger partial charge in [-0.3, -0.25) is 9.59 Å². The monoisotopic (exact) mass is 339 g/mol. The van der Waals surface area contributed by atoms with E-state index in [1.165, 1.54) is 0 Å². The van der Waals surface area contributed by atoms with Crippen molar-refractivity contribution in [1.82, 2.24) is 5.32 Å². The van der Waals surface area contributed by atoms with Gasteiger partial charge in [-0.2, -0.15) is 0 Å². The van der Waals surface area contributed by atoms with E-state index in [-0.39, 0.29) is 17.9 Å². The third-order valence-corrected chi connectivity index (χ3v) is 3.80. The van der Waals surface area contributed by atoms with Crippen molar-refractivity contribution in [1.29, 1.82) is 0 Å². The number of amides is 2. The van der Waals surface area contributed by atoms with E-state index in [0.717, 1.165) is 5.56 Å². The number of hydrogen-bond acceptors (Lipinski definition) is 3. The Morgan fingerprint density at radius 2 is 1.60 bits per heavy atom. The lowest BCUT2D eigenvalue weighted by molar-refractivity contribution is -0.126. The van der Waals surface area contributed by atoms with E-state index in [4.69, 9.17) is 5.73 Å². The number of hydrogen-bond donors (Lipinski definition) is 3. The molecule has 2 atom stereocenters. The molecule has 0 bridgehead atoms. The van der Waals surface area contributed by atoms with E-state index in [2.05, 4.69) is 10.6 Å². The van der Waals surface area contributed by atoms with Crippen LogP contribution in [-0.4, -0.2) is 23.9 Å². The Morgan fingerprint density at radius 3 is 2.20 bits per heavy atom. The molecular weight excluding hydrogens is 314 g/mol. The van der Waals surface area contributed by atoms with Crippen LogP contribution in [0.15, 0.2) is 60.7 Å². The van der Waals surface area contributed by atoms with Crippen molar-refractivity contribution < 1.29 is 9.59 Å². The third-order valence-electron chi connectivity index (χ3n) is 3.80. The zero-order valence-corrected chi connectivity index (χ0v) is 14.4. The highest BCUT2D eigenvalue weighted by atomic mass is 16.2. The van der Waals surface area contributed by atoms with Crippen LogP contribution < -0.4 is 16.4 Å². The Hall–Kier alpha value is -2.66. The highest BCUT2D eigenvalue weighted by molar-refractivity contribution is 5.97. The van der Waals surface area contributed by atoms with Crippen LogP contribution >= 0.6 is 0 Å². The van der Waals surface area contributed by atoms with E-state index in [1.807, 2.05) is 67.6 Å². The van der Waals surface area contributed by atoms with Gasteiger partial charge in [0.15, 0.2) is 0 Å². The van der Waals surface area contributed by atoms with Crippen molar-refractivity contribution in [2.45, 2.75) is 38.3 Å². The molecule has 0 aromatic heterocycles. The molecule has 0 spiro atoms. The van der Waals surface area contributed by atoms with Crippen molar-refractivity contribution >= 4 is 17.5 Å². The Bertz CT molecular complexity index is 672. The number of carbonyl (C=O) groups excluding carboxylic acids is 2. The number of rotatable bonds is 8. The van der Waals surface area contributed by atoms with E-state index >= 15 is 0 Å². The molecule has 25 heavy (non-hydrogen) atoms. The minimum Gasteiger partial charge on any atom is -0.344 e. The molecule has 0 fully saturated rings. The molecule has 2 rings (SSSR count). The van der Waals surface area contributed by atoms with E-state index < -0.39 is 6.04 Å². The molecule has 0 aliphatic rings. The second kappa shape index (κ2) is 9.59. The number of carbonyl (C=O) groups is 2. The van der Waals surface area contributed by atoms with Crippen molar-refractivity contribution in [2.24, 2.45) is 5.73 Å². The van der Waals surface area contributed by atoms with Gasteiger partial charge in [0.05, 0.1) is 0 Å². The maximum Gasteiger partial charge on any atom is 0.247 e. The van der Waals surface area contributed by atoms with Crippen LogP contribution in [0.3, 0.4) is 0 Å². The summed E-state index contributed by atoms with van der Waals surface area (Å²) < 4.78 is 0. The molecule has 0 saturated heterocycles. The third kappa shape index (κ3) is 6.77. The fraction of sp³-hybridized carbons (Fsp3) is 0.300. The Kier molecular flexibility index (Phi) is 7.16. The van der Waals surface area contributed by atoms with Crippen molar-refractivity contribution in [3.63, 3.8) is 0 Å². The van der Waals surface area contributed by atoms with Crippen LogP contribution in [0.25, 0.3) is 0 Å². The molecule has 2 aromatic carbocycles. The summed E-state index contributed by atoms with van der Waals surface area (Å²) >= 11 is 0. The fourth-order valence-corrected chi connectivity index (χ4v) is 2.44. The van der Waals surface area contributed by atoms with Crippen molar-refractivity contribution in [3.05, 3.63) is 66.2 Å². The molecule has 2 amide bonds. The van der Waals surface area contributed by atoms with E-state index in [0.29, 0.717) is 24.9 Å². The van der Waals surface area contributed by atoms with Crippen LogP contribution in [0.2, 0.25) is 0 Å². The molecule has 0 saturated carbocycles. The quantitative estimate of drug-likeness (QED) is 0.691. The topological polar surface area (TPSA) is 84.2 Å². The second-order valence-corrected chi connectivity index (χ2v) is 6.18. The zero-order chi connectivity index (χ0) is 18.1. The number of nitrogens with two attached hydrogens (primary N) is 1. The molecule has 2 aromatic rings. The first-order valence-corrected chi connectivity index (χ1v) is 8.49. The number of nitrogens with one attached hydrogen (secondary N) is 2. The molecular formula is C20H25N3O2. The average Bonchev–Trinajstić information content (AvgIpc) is 2.61. The second-order valence-electron chi connectivity index (χ2n) is 6.18. The lowest BCUT2D eigenvalue weighted by Gasteiger charge is -2.19. The van der Waals surface area contributed by atoms with Crippen molar-refractivity contribution in [3.8, 4) is 0 Å². The zero-order valence-electron chi connectivity index (χ0n) is 14.4. The minimum atomic E-state index is -0.636. The van der Waals surface area contributed by atoms with Gasteiger partial charge in [-0.1, -0.05) is 48.5 Å². The van der Waals surface area contributed by atoms with Gasteiger partial charge >= 0.3 is 0 Å². The number of para-hydroxylation sites is 1. The first-order valence-electron chi connectivity index (χ1n) is 8.49. The normalized spacial score (nSPS) is 12.9. The maximum atomic E-state index is 12.6. The Labute approximate surface area is 148 Å². The molecule has 5 heteroatoms. The van der Waals surface area contributed by atoms with Crippen LogP contribution in [0, 0.1) is 0 Å². The summed E-state index contributed by atoms with van der Waals surface area (Å²) in [5.41, 5.74) is 7.39. The van der Waals surface area contributed by atoms with Gasteiger partial charge in [0.25, 0.3) is 0 Å². The molecule has 0 radical (unpaired) electrons. The Morgan fingerprint density at radius 1 is 1.00 bits per heavy atom. The first kappa shape index (κ1) is 18.7. The van der Waals surface area contributed by atoms with Gasteiger partial charge in [0, 0.05) is 24.6 Å². The van der Waals surface area contributed by atoms with Crippen molar-refractivity contribution in [2.75, 3.05) is 5.32 Å². The van der Waals surface area contributed by atoms with Gasteiger partial charge in [0.2, 0.25) is 11.8 Å². The number of anilines is 1. The lowest BCUT2D eigenvalue weighted by atomic mass is 10.0. The summed E-state index contributed by atoms with van der Waals surface area (Å²) in [5, 5.41) is 5.69. The molecule has 0 aliphatic heterocycles. The average molecular weight is 339 g/mol. The largest absolute Gasteiger partial charge is 0.344 e. The van der Waals surface area contributed by atoms with Crippen LogP contribution in [-0.2, 0) is 16.0 Å². The van der Waals surface area contributed by atoms with Gasteiger partial charge < -0.3 is 16.4 Å². The number of benzene rings is 2. The maximum absolute atomic E-state index is 12.6. The SMILES string of the molecule is CC(N)CCC(=O)NC(Cc1ccccc1)C(=O)Nc1ccccc1. The molecule has 132 valence electrons. The summed E-state index contributed by atoms with van der Waals surface area (Å²) in [6, 6.07) is 18.2. The standard InChI is InChI=1S/C20H25N3O2/c1-15(21)12-13-19(24)23-18(14-16-8-4-2-5-9-16)20(25)22-17-10-6-3-7-11-17/h2-11,15,18H,12-14,21H2,1H3,(H,22,25)(H,23,24). The summed E-state index contributed by atoms with van der Waals surface area (Å²) in [6.07, 6.45) is 1.33. The van der Waals surface area contributed by atoms with Crippen LogP contribution in [0.1, 0.15) is 25.3 Å². The fourth-order valence-electron chi connectivity index (χ4n) is 2.44. The van der Waals surface area contributed by atoms with Gasteiger partial charge in [-0.15, -0.1) is 0 Å². The minimum absolute atomic E-state index is 0.0449.